The molecule has 2 aliphatic rings. The predicted molar refractivity (Wildman–Crippen MR) is 120 cm³/mol. The van der Waals surface area contributed by atoms with Crippen LogP contribution >= 0.6 is 0 Å². The second-order valence-corrected chi connectivity index (χ2v) is 7.78. The fraction of sp³-hybridized carbons (Fsp3) is 0.0769. The Morgan fingerprint density at radius 1 is 0.879 bits per heavy atom. The van der Waals surface area contributed by atoms with E-state index in [1.807, 2.05) is 30.3 Å². The normalized spacial score (nSPS) is 18.9. The first-order valence-corrected chi connectivity index (χ1v) is 10.3. The summed E-state index contributed by atoms with van der Waals surface area (Å²) >= 11 is 0. The van der Waals surface area contributed by atoms with Crippen molar-refractivity contribution in [3.63, 3.8) is 0 Å². The van der Waals surface area contributed by atoms with Crippen LogP contribution in [0.5, 0.6) is 11.5 Å². The summed E-state index contributed by atoms with van der Waals surface area (Å²) in [6, 6.07) is 20.5. The van der Waals surface area contributed by atoms with Crippen LogP contribution in [0.4, 0.5) is 5.69 Å². The van der Waals surface area contributed by atoms with Crippen molar-refractivity contribution in [1.82, 2.24) is 0 Å². The fourth-order valence-electron chi connectivity index (χ4n) is 4.34. The summed E-state index contributed by atoms with van der Waals surface area (Å²) in [5.74, 6) is -0.432. The van der Waals surface area contributed by atoms with Gasteiger partial charge in [-0.15, -0.1) is 0 Å². The van der Waals surface area contributed by atoms with Gasteiger partial charge in [-0.25, -0.2) is 0 Å². The maximum atomic E-state index is 13.2. The zero-order valence-electron chi connectivity index (χ0n) is 17.2. The Labute approximate surface area is 188 Å². The summed E-state index contributed by atoms with van der Waals surface area (Å²) in [4.78, 5) is 27.7. The Kier molecular flexibility index (Phi) is 4.23. The third kappa shape index (κ3) is 2.97. The van der Waals surface area contributed by atoms with E-state index in [2.05, 4.69) is 0 Å². The van der Waals surface area contributed by atoms with Gasteiger partial charge in [0.05, 0.1) is 11.8 Å². The first-order valence-electron chi connectivity index (χ1n) is 10.3. The lowest BCUT2D eigenvalue weighted by Gasteiger charge is -2.23. The van der Waals surface area contributed by atoms with Crippen LogP contribution in [-0.2, 0) is 9.59 Å². The highest BCUT2D eigenvalue weighted by Crippen LogP contribution is 2.45. The molecule has 0 aliphatic carbocycles. The summed E-state index contributed by atoms with van der Waals surface area (Å²) < 4.78 is 16.4. The molecule has 1 unspecified atom stereocenters. The third-order valence-electron chi connectivity index (χ3n) is 5.91. The number of amides is 1. The van der Waals surface area contributed by atoms with E-state index in [-0.39, 0.29) is 18.1 Å². The van der Waals surface area contributed by atoms with E-state index >= 15 is 0 Å². The lowest BCUT2D eigenvalue weighted by Crippen LogP contribution is -2.29. The maximum absolute atomic E-state index is 13.2. The number of carbonyl (C=O) groups is 2. The van der Waals surface area contributed by atoms with Crippen LogP contribution in [0.25, 0.3) is 16.5 Å². The summed E-state index contributed by atoms with van der Waals surface area (Å²) in [5, 5.41) is 13.2. The van der Waals surface area contributed by atoms with Crippen LogP contribution in [-0.4, -0.2) is 23.6 Å². The van der Waals surface area contributed by atoms with Gasteiger partial charge in [0.2, 0.25) is 6.79 Å². The van der Waals surface area contributed by atoms with Crippen molar-refractivity contribution in [3.05, 3.63) is 96.0 Å². The lowest BCUT2D eigenvalue weighted by atomic mass is 9.97. The molecule has 2 aliphatic heterocycles. The zero-order valence-corrected chi connectivity index (χ0v) is 17.2. The molecule has 7 nitrogen and oxygen atoms in total. The van der Waals surface area contributed by atoms with Crippen molar-refractivity contribution in [1.29, 1.82) is 0 Å². The summed E-state index contributed by atoms with van der Waals surface area (Å²) in [5.41, 5.74) is 0.831. The Morgan fingerprint density at radius 3 is 2.52 bits per heavy atom. The van der Waals surface area contributed by atoms with Gasteiger partial charge in [0.1, 0.15) is 17.6 Å². The Morgan fingerprint density at radius 2 is 1.70 bits per heavy atom. The number of hydrogen-bond donors (Lipinski definition) is 1. The van der Waals surface area contributed by atoms with Crippen LogP contribution in [0.2, 0.25) is 0 Å². The molecule has 0 spiro atoms. The topological polar surface area (TPSA) is 89.2 Å². The lowest BCUT2D eigenvalue weighted by molar-refractivity contribution is -0.132. The van der Waals surface area contributed by atoms with E-state index in [9.17, 15) is 14.7 Å². The minimum Gasteiger partial charge on any atom is -0.507 e. The molecule has 0 saturated carbocycles. The number of benzene rings is 3. The standard InChI is InChI=1S/C26H17NO6/c28-24(17-8-7-15-4-1-2-5-16(15)12-17)22-23(20-6-3-11-31-20)27(26(30)25(22)29)18-9-10-19-21(13-18)33-14-32-19/h1-13,23,28H,14H2/b24-22-. The molecule has 3 aromatic carbocycles. The van der Waals surface area contributed by atoms with E-state index < -0.39 is 17.7 Å². The van der Waals surface area contributed by atoms with Crippen LogP contribution < -0.4 is 14.4 Å². The van der Waals surface area contributed by atoms with Crippen LogP contribution in [0, 0.1) is 0 Å². The second kappa shape index (κ2) is 7.27. The van der Waals surface area contributed by atoms with Gasteiger partial charge >= 0.3 is 0 Å². The first-order chi connectivity index (χ1) is 16.1. The molecule has 1 fully saturated rings. The second-order valence-electron chi connectivity index (χ2n) is 7.78. The van der Waals surface area contributed by atoms with Gasteiger partial charge in [0.25, 0.3) is 11.7 Å². The smallest absolute Gasteiger partial charge is 0.300 e. The largest absolute Gasteiger partial charge is 0.507 e. The van der Waals surface area contributed by atoms with E-state index in [0.717, 1.165) is 10.8 Å². The molecule has 7 heteroatoms. The monoisotopic (exact) mass is 439 g/mol. The van der Waals surface area contributed by atoms with Gasteiger partial charge in [-0.05, 0) is 41.1 Å². The highest BCUT2D eigenvalue weighted by molar-refractivity contribution is 6.51. The van der Waals surface area contributed by atoms with E-state index in [1.54, 1.807) is 42.5 Å². The molecule has 6 rings (SSSR count). The Bertz CT molecular complexity index is 1450. The Hall–Kier alpha value is -4.52. The highest BCUT2D eigenvalue weighted by Gasteiger charge is 2.48. The average Bonchev–Trinajstić information content (AvgIpc) is 3.58. The number of nitrogens with zero attached hydrogens (tertiary/aromatic N) is 1. The molecule has 1 aromatic heterocycles. The quantitative estimate of drug-likeness (QED) is 0.281. The van der Waals surface area contributed by atoms with Crippen molar-refractivity contribution in [2.24, 2.45) is 0 Å². The zero-order chi connectivity index (χ0) is 22.5. The van der Waals surface area contributed by atoms with Gasteiger partial charge in [-0.3, -0.25) is 14.5 Å². The number of hydrogen-bond acceptors (Lipinski definition) is 6. The molecular weight excluding hydrogens is 422 g/mol. The fourth-order valence-corrected chi connectivity index (χ4v) is 4.34. The number of Topliss-reactive ketones (excluding diaryl/α,β-unsaturated/α-hetero) is 1. The summed E-state index contributed by atoms with van der Waals surface area (Å²) in [7, 11) is 0. The number of furan rings is 1. The highest BCUT2D eigenvalue weighted by atomic mass is 16.7. The number of fused-ring (bicyclic) bond motifs is 2. The number of anilines is 1. The minimum absolute atomic E-state index is 0.0390. The van der Waals surface area contributed by atoms with Crippen LogP contribution in [0.15, 0.2) is 89.0 Å². The number of carbonyl (C=O) groups excluding carboxylic acids is 2. The molecule has 1 saturated heterocycles. The van der Waals surface area contributed by atoms with Gasteiger partial charge in [-0.1, -0.05) is 36.4 Å². The van der Waals surface area contributed by atoms with E-state index in [0.29, 0.717) is 28.5 Å². The maximum Gasteiger partial charge on any atom is 0.300 e. The molecule has 0 radical (unpaired) electrons. The number of ketones is 1. The number of rotatable bonds is 3. The van der Waals surface area contributed by atoms with Gasteiger partial charge < -0.3 is 19.0 Å². The van der Waals surface area contributed by atoms with Crippen molar-refractivity contribution in [2.45, 2.75) is 6.04 Å². The van der Waals surface area contributed by atoms with Crippen LogP contribution in [0.1, 0.15) is 17.4 Å². The van der Waals surface area contributed by atoms with Crippen molar-refractivity contribution < 1.29 is 28.6 Å². The number of ether oxygens (including phenoxy) is 2. The van der Waals surface area contributed by atoms with Gasteiger partial charge in [-0.2, -0.15) is 0 Å². The molecular formula is C26H17NO6. The van der Waals surface area contributed by atoms with Gasteiger partial charge in [0.15, 0.2) is 11.5 Å². The molecule has 3 heterocycles. The van der Waals surface area contributed by atoms with Crippen LogP contribution in [0.3, 0.4) is 0 Å². The minimum atomic E-state index is -0.938. The summed E-state index contributed by atoms with van der Waals surface area (Å²) in [6.45, 7) is 0.0845. The number of aliphatic hydroxyl groups is 1. The average molecular weight is 439 g/mol. The SMILES string of the molecule is O=C1C(=O)N(c2ccc3c(c2)OCO3)C(c2ccco2)/C1=C(/O)c1ccc2ccccc2c1. The molecule has 1 N–H and O–H groups in total. The molecule has 4 aromatic rings. The molecule has 1 atom stereocenters. The molecule has 33 heavy (non-hydrogen) atoms. The predicted octanol–water partition coefficient (Wildman–Crippen LogP) is 4.79. The number of aliphatic hydroxyl groups excluding tert-OH is 1. The van der Waals surface area contributed by atoms with Crippen molar-refractivity contribution >= 4 is 33.9 Å². The Balaban J connectivity index is 1.53. The van der Waals surface area contributed by atoms with E-state index in [1.165, 1.54) is 11.2 Å². The third-order valence-corrected chi connectivity index (χ3v) is 5.91. The molecule has 0 bridgehead atoms. The first kappa shape index (κ1) is 19.2. The summed E-state index contributed by atoms with van der Waals surface area (Å²) in [6.07, 6.45) is 1.46. The molecule has 1 amide bonds. The van der Waals surface area contributed by atoms with Crippen molar-refractivity contribution in [3.8, 4) is 11.5 Å². The van der Waals surface area contributed by atoms with Crippen molar-refractivity contribution in [2.75, 3.05) is 11.7 Å². The molecule has 162 valence electrons. The van der Waals surface area contributed by atoms with Gasteiger partial charge in [0, 0.05) is 17.3 Å². The van der Waals surface area contributed by atoms with E-state index in [4.69, 9.17) is 13.9 Å².